The van der Waals surface area contributed by atoms with Gasteiger partial charge in [0.05, 0.1) is 31.6 Å². The van der Waals surface area contributed by atoms with Crippen LogP contribution in [0.15, 0.2) is 47.5 Å². The maximum atomic E-state index is 12.9. The summed E-state index contributed by atoms with van der Waals surface area (Å²) in [5.74, 6) is 1.50. The van der Waals surface area contributed by atoms with Crippen molar-refractivity contribution in [1.29, 1.82) is 5.26 Å². The normalized spacial score (nSPS) is 17.2. The number of carbonyl (C=O) groups is 1. The van der Waals surface area contributed by atoms with E-state index in [1.807, 2.05) is 59.2 Å². The summed E-state index contributed by atoms with van der Waals surface area (Å²) in [5.41, 5.74) is 2.93. The van der Waals surface area contributed by atoms with Crippen LogP contribution in [0.5, 0.6) is 5.75 Å². The van der Waals surface area contributed by atoms with Crippen molar-refractivity contribution in [3.05, 3.63) is 48.0 Å². The van der Waals surface area contributed by atoms with Crippen LogP contribution in [-0.4, -0.2) is 86.2 Å². The molecule has 8 heteroatoms. The maximum Gasteiger partial charge on any atom is 0.320 e. The first-order valence-electron chi connectivity index (χ1n) is 11.7. The maximum absolute atomic E-state index is 12.9. The molecule has 2 aromatic carbocycles. The second-order valence-corrected chi connectivity index (χ2v) is 8.42. The van der Waals surface area contributed by atoms with Crippen molar-refractivity contribution in [2.24, 2.45) is 4.99 Å². The van der Waals surface area contributed by atoms with Crippen LogP contribution in [0, 0.1) is 11.3 Å². The summed E-state index contributed by atoms with van der Waals surface area (Å²) in [6.07, 6.45) is 0.865. The minimum absolute atomic E-state index is 0.0905. The van der Waals surface area contributed by atoms with Gasteiger partial charge in [0.2, 0.25) is 0 Å². The Bertz CT molecular complexity index is 1070. The minimum Gasteiger partial charge on any atom is -0.496 e. The van der Waals surface area contributed by atoms with E-state index >= 15 is 0 Å². The number of nitriles is 1. The minimum atomic E-state index is 0.0905. The summed E-state index contributed by atoms with van der Waals surface area (Å²) in [4.78, 5) is 23.7. The molecule has 178 valence electrons. The molecule has 0 radical (unpaired) electrons. The molecule has 0 spiro atoms. The van der Waals surface area contributed by atoms with Gasteiger partial charge >= 0.3 is 6.03 Å². The predicted octanol–water partition coefficient (Wildman–Crippen LogP) is 3.74. The van der Waals surface area contributed by atoms with Gasteiger partial charge in [-0.15, -0.1) is 0 Å². The fourth-order valence-corrected chi connectivity index (χ4v) is 4.40. The number of amidine groups is 1. The summed E-state index contributed by atoms with van der Waals surface area (Å²) in [6, 6.07) is 15.9. The van der Waals surface area contributed by atoms with Gasteiger partial charge in [-0.05, 0) is 25.0 Å². The van der Waals surface area contributed by atoms with E-state index in [1.54, 1.807) is 7.11 Å². The van der Waals surface area contributed by atoms with Crippen molar-refractivity contribution in [2.75, 3.05) is 59.6 Å². The molecule has 2 aliphatic rings. The molecule has 2 aliphatic heterocycles. The van der Waals surface area contributed by atoms with E-state index in [4.69, 9.17) is 14.5 Å². The zero-order valence-corrected chi connectivity index (χ0v) is 19.9. The number of urea groups is 1. The Labute approximate surface area is 201 Å². The molecule has 0 bridgehead atoms. The number of hydrogen-bond donors (Lipinski definition) is 0. The summed E-state index contributed by atoms with van der Waals surface area (Å²) < 4.78 is 11.0. The summed E-state index contributed by atoms with van der Waals surface area (Å²) in [7, 11) is 1.63. The summed E-state index contributed by atoms with van der Waals surface area (Å²) in [5, 5.41) is 9.81. The fraction of sp³-hybridized carbons (Fsp3) is 0.423. The third-order valence-corrected chi connectivity index (χ3v) is 6.31. The number of methoxy groups -OCH3 is 1. The molecule has 0 saturated carbocycles. The van der Waals surface area contributed by atoms with Gasteiger partial charge in [-0.2, -0.15) is 5.26 Å². The molecule has 2 heterocycles. The van der Waals surface area contributed by atoms with Gasteiger partial charge in [0, 0.05) is 50.9 Å². The van der Waals surface area contributed by atoms with Crippen LogP contribution in [0.2, 0.25) is 0 Å². The van der Waals surface area contributed by atoms with Crippen LogP contribution in [0.3, 0.4) is 0 Å². The molecule has 0 aliphatic carbocycles. The highest BCUT2D eigenvalue weighted by Gasteiger charge is 2.25. The lowest BCUT2D eigenvalue weighted by atomic mass is 10.0. The van der Waals surface area contributed by atoms with Crippen molar-refractivity contribution >= 4 is 17.6 Å². The highest BCUT2D eigenvalue weighted by molar-refractivity contribution is 5.85. The average Bonchev–Trinajstić information content (AvgIpc) is 3.15. The Morgan fingerprint density at radius 2 is 1.68 bits per heavy atom. The van der Waals surface area contributed by atoms with Gasteiger partial charge in [0.25, 0.3) is 0 Å². The molecule has 8 nitrogen and oxygen atoms in total. The van der Waals surface area contributed by atoms with Crippen LogP contribution in [0.1, 0.15) is 18.9 Å². The number of hydrogen-bond acceptors (Lipinski definition) is 5. The smallest absolute Gasteiger partial charge is 0.320 e. The quantitative estimate of drug-likeness (QED) is 0.514. The van der Waals surface area contributed by atoms with Gasteiger partial charge in [-0.25, -0.2) is 9.79 Å². The molecule has 2 amide bonds. The second kappa shape index (κ2) is 11.0. The van der Waals surface area contributed by atoms with Crippen molar-refractivity contribution in [3.63, 3.8) is 0 Å². The second-order valence-electron chi connectivity index (χ2n) is 8.42. The number of aliphatic imine (C=N–C) groups is 1. The van der Waals surface area contributed by atoms with Gasteiger partial charge in [-0.1, -0.05) is 30.3 Å². The van der Waals surface area contributed by atoms with Crippen molar-refractivity contribution in [3.8, 4) is 22.9 Å². The molecular formula is C26H31N5O3. The van der Waals surface area contributed by atoms with E-state index in [-0.39, 0.29) is 6.03 Å². The Balaban J connectivity index is 1.51. The number of benzene rings is 2. The lowest BCUT2D eigenvalue weighted by Crippen LogP contribution is -2.49. The van der Waals surface area contributed by atoms with Crippen molar-refractivity contribution < 1.29 is 14.3 Å². The summed E-state index contributed by atoms with van der Waals surface area (Å²) in [6.45, 7) is 7.34. The van der Waals surface area contributed by atoms with Crippen LogP contribution in [0.25, 0.3) is 11.1 Å². The Morgan fingerprint density at radius 1 is 1.00 bits per heavy atom. The van der Waals surface area contributed by atoms with Crippen LogP contribution in [-0.2, 0) is 4.74 Å². The fourth-order valence-electron chi connectivity index (χ4n) is 4.40. The standard InChI is InChI=1S/C26H31N5O3/c1-20(29-9-6-10-30(12-11-29)26(32)31-13-15-34-16-14-31)28-24-18-25(33-2)23(17-22(24)19-27)21-7-4-3-5-8-21/h3-5,7-8,17-18H,6,9-16H2,1-2H3/b28-20+. The number of carbonyl (C=O) groups excluding carboxylic acids is 1. The lowest BCUT2D eigenvalue weighted by molar-refractivity contribution is 0.0437. The molecule has 2 saturated heterocycles. The predicted molar refractivity (Wildman–Crippen MR) is 131 cm³/mol. The van der Waals surface area contributed by atoms with E-state index in [0.717, 1.165) is 36.5 Å². The van der Waals surface area contributed by atoms with E-state index in [1.165, 1.54) is 0 Å². The third kappa shape index (κ3) is 5.32. The SMILES string of the molecule is COc1cc(/N=C(\C)N2CCCN(C(=O)N3CCOCC3)CC2)c(C#N)cc1-c1ccccc1. The topological polar surface area (TPSA) is 81.4 Å². The Kier molecular flexibility index (Phi) is 7.65. The average molecular weight is 462 g/mol. The van der Waals surface area contributed by atoms with Gasteiger partial charge in [0.1, 0.15) is 17.7 Å². The zero-order chi connectivity index (χ0) is 23.9. The van der Waals surface area contributed by atoms with E-state index in [0.29, 0.717) is 56.4 Å². The van der Waals surface area contributed by atoms with E-state index in [9.17, 15) is 10.1 Å². The first-order chi connectivity index (χ1) is 16.6. The van der Waals surface area contributed by atoms with Crippen molar-refractivity contribution in [1.82, 2.24) is 14.7 Å². The Morgan fingerprint density at radius 3 is 2.38 bits per heavy atom. The highest BCUT2D eigenvalue weighted by atomic mass is 16.5. The summed E-state index contributed by atoms with van der Waals surface area (Å²) >= 11 is 0. The molecule has 0 atom stereocenters. The first kappa shape index (κ1) is 23.6. The zero-order valence-electron chi connectivity index (χ0n) is 19.9. The molecular weight excluding hydrogens is 430 g/mol. The molecule has 4 rings (SSSR count). The number of amides is 2. The largest absolute Gasteiger partial charge is 0.496 e. The number of morpholine rings is 1. The molecule has 0 N–H and O–H groups in total. The van der Waals surface area contributed by atoms with E-state index in [2.05, 4.69) is 11.0 Å². The first-order valence-corrected chi connectivity index (χ1v) is 11.7. The van der Waals surface area contributed by atoms with Gasteiger partial charge in [0.15, 0.2) is 0 Å². The molecule has 34 heavy (non-hydrogen) atoms. The molecule has 2 fully saturated rings. The van der Waals surface area contributed by atoms with Crippen LogP contribution < -0.4 is 4.74 Å². The van der Waals surface area contributed by atoms with Crippen molar-refractivity contribution in [2.45, 2.75) is 13.3 Å². The van der Waals surface area contributed by atoms with Crippen LogP contribution in [0.4, 0.5) is 10.5 Å². The number of ether oxygens (including phenoxy) is 2. The highest BCUT2D eigenvalue weighted by Crippen LogP contribution is 2.36. The Hall–Kier alpha value is -3.57. The third-order valence-electron chi connectivity index (χ3n) is 6.31. The molecule has 0 unspecified atom stereocenters. The number of nitrogens with zero attached hydrogens (tertiary/aromatic N) is 5. The lowest BCUT2D eigenvalue weighted by Gasteiger charge is -2.32. The van der Waals surface area contributed by atoms with Gasteiger partial charge in [-0.3, -0.25) is 0 Å². The van der Waals surface area contributed by atoms with E-state index < -0.39 is 0 Å². The molecule has 2 aromatic rings. The van der Waals surface area contributed by atoms with Gasteiger partial charge < -0.3 is 24.2 Å². The number of rotatable bonds is 3. The monoisotopic (exact) mass is 461 g/mol. The van der Waals surface area contributed by atoms with Crippen LogP contribution >= 0.6 is 0 Å². The molecule has 0 aromatic heterocycles.